The van der Waals surface area contributed by atoms with E-state index in [0.29, 0.717) is 37.4 Å². The van der Waals surface area contributed by atoms with E-state index in [0.717, 1.165) is 0 Å². The maximum atomic E-state index is 12.2. The second-order valence-corrected chi connectivity index (χ2v) is 5.92. The predicted octanol–water partition coefficient (Wildman–Crippen LogP) is 0.392. The highest BCUT2D eigenvalue weighted by Crippen LogP contribution is 2.16. The fourth-order valence-corrected chi connectivity index (χ4v) is 3.25. The molecule has 2 rings (SSSR count). The number of morpholine rings is 1. The van der Waals surface area contributed by atoms with Gasteiger partial charge in [-0.2, -0.15) is 5.26 Å². The summed E-state index contributed by atoms with van der Waals surface area (Å²) in [6.45, 7) is 3.74. The van der Waals surface area contributed by atoms with Gasteiger partial charge in [-0.3, -0.25) is 0 Å². The maximum Gasteiger partial charge on any atom is 0.253 e. The molecule has 7 heteroatoms. The number of hydrogen-bond donors (Lipinski definition) is 1. The van der Waals surface area contributed by atoms with Crippen molar-refractivity contribution in [1.29, 1.82) is 5.26 Å². The van der Waals surface area contributed by atoms with Crippen LogP contribution in [0.4, 0.5) is 0 Å². The average Bonchev–Trinajstić information content (AvgIpc) is 2.38. The monoisotopic (exact) mass is 281 g/mol. The Morgan fingerprint density at radius 3 is 2.63 bits per heavy atom. The van der Waals surface area contributed by atoms with Crippen LogP contribution < -0.4 is 4.83 Å². The number of nitrogens with zero attached hydrogens (tertiary/aromatic N) is 2. The molecule has 0 unspecified atom stereocenters. The van der Waals surface area contributed by atoms with E-state index in [1.165, 1.54) is 12.1 Å². The van der Waals surface area contributed by atoms with Gasteiger partial charge in [-0.25, -0.2) is 13.4 Å². The van der Waals surface area contributed by atoms with Crippen molar-refractivity contribution in [3.8, 4) is 6.07 Å². The molecular formula is C12H15N3O3S. The Kier molecular flexibility index (Phi) is 4.17. The summed E-state index contributed by atoms with van der Waals surface area (Å²) in [7, 11) is -3.60. The molecule has 1 N–H and O–H groups in total. The lowest BCUT2D eigenvalue weighted by molar-refractivity contribution is 0.0272. The van der Waals surface area contributed by atoms with Gasteiger partial charge < -0.3 is 4.74 Å². The topological polar surface area (TPSA) is 82.4 Å². The Hall–Kier alpha value is -1.46. The number of sulfonamides is 1. The average molecular weight is 281 g/mol. The molecule has 0 spiro atoms. The summed E-state index contributed by atoms with van der Waals surface area (Å²) in [5, 5.41) is 10.4. The van der Waals surface area contributed by atoms with Crippen molar-refractivity contribution in [2.75, 3.05) is 26.3 Å². The molecule has 0 atom stereocenters. The highest BCUT2D eigenvalue weighted by atomic mass is 32.2. The SMILES string of the molecule is Cc1cc(C#N)ccc1S(=O)(=O)NN1CCOCC1. The number of ether oxygens (including phenoxy) is 1. The molecular weight excluding hydrogens is 266 g/mol. The van der Waals surface area contributed by atoms with Gasteiger partial charge >= 0.3 is 0 Å². The summed E-state index contributed by atoms with van der Waals surface area (Å²) < 4.78 is 29.7. The van der Waals surface area contributed by atoms with Crippen LogP contribution >= 0.6 is 0 Å². The van der Waals surface area contributed by atoms with E-state index in [-0.39, 0.29) is 4.90 Å². The number of hydrazine groups is 1. The Bertz CT molecular complexity index is 601. The van der Waals surface area contributed by atoms with Crippen molar-refractivity contribution in [2.24, 2.45) is 0 Å². The van der Waals surface area contributed by atoms with Crippen molar-refractivity contribution in [1.82, 2.24) is 9.84 Å². The van der Waals surface area contributed by atoms with E-state index in [2.05, 4.69) is 4.83 Å². The van der Waals surface area contributed by atoms with Crippen LogP contribution in [-0.4, -0.2) is 39.7 Å². The van der Waals surface area contributed by atoms with Crippen LogP contribution in [-0.2, 0) is 14.8 Å². The van der Waals surface area contributed by atoms with Gasteiger partial charge in [0.15, 0.2) is 0 Å². The van der Waals surface area contributed by atoms with Gasteiger partial charge in [0.1, 0.15) is 0 Å². The van der Waals surface area contributed by atoms with Crippen LogP contribution in [0.5, 0.6) is 0 Å². The number of nitrogens with one attached hydrogen (secondary N) is 1. The van der Waals surface area contributed by atoms with Crippen molar-refractivity contribution in [3.63, 3.8) is 0 Å². The molecule has 19 heavy (non-hydrogen) atoms. The first-order valence-corrected chi connectivity index (χ1v) is 7.37. The first-order chi connectivity index (χ1) is 9.03. The molecule has 0 amide bonds. The highest BCUT2D eigenvalue weighted by molar-refractivity contribution is 7.89. The third-order valence-corrected chi connectivity index (χ3v) is 4.39. The zero-order chi connectivity index (χ0) is 13.9. The van der Waals surface area contributed by atoms with Gasteiger partial charge in [0.2, 0.25) is 0 Å². The molecule has 0 aliphatic carbocycles. The van der Waals surface area contributed by atoms with Gasteiger partial charge in [0.25, 0.3) is 10.0 Å². The van der Waals surface area contributed by atoms with Crippen molar-refractivity contribution >= 4 is 10.0 Å². The number of nitriles is 1. The summed E-state index contributed by atoms with van der Waals surface area (Å²) in [4.78, 5) is 2.73. The van der Waals surface area contributed by atoms with Crippen molar-refractivity contribution < 1.29 is 13.2 Å². The van der Waals surface area contributed by atoms with Crippen LogP contribution in [0.2, 0.25) is 0 Å². The molecule has 6 nitrogen and oxygen atoms in total. The molecule has 1 aliphatic rings. The zero-order valence-electron chi connectivity index (χ0n) is 10.6. The number of aryl methyl sites for hydroxylation is 1. The molecule has 0 radical (unpaired) electrons. The van der Waals surface area contributed by atoms with Gasteiger partial charge in [-0.15, -0.1) is 4.83 Å². The summed E-state index contributed by atoms with van der Waals surface area (Å²) in [5.41, 5.74) is 1.00. The minimum absolute atomic E-state index is 0.193. The molecule has 0 bridgehead atoms. The second-order valence-electron chi connectivity index (χ2n) is 4.29. The lowest BCUT2D eigenvalue weighted by Gasteiger charge is -2.27. The summed E-state index contributed by atoms with van der Waals surface area (Å²) in [6, 6.07) is 6.50. The fraction of sp³-hybridized carbons (Fsp3) is 0.417. The van der Waals surface area contributed by atoms with E-state index < -0.39 is 10.0 Å². The molecule has 0 aromatic heterocycles. The van der Waals surface area contributed by atoms with E-state index in [4.69, 9.17) is 10.00 Å². The fourth-order valence-electron chi connectivity index (χ4n) is 1.89. The largest absolute Gasteiger partial charge is 0.379 e. The van der Waals surface area contributed by atoms with Crippen LogP contribution in [0.15, 0.2) is 23.1 Å². The first kappa shape index (κ1) is 14.0. The zero-order valence-corrected chi connectivity index (χ0v) is 11.4. The van der Waals surface area contributed by atoms with Crippen LogP contribution in [0.3, 0.4) is 0 Å². The minimum Gasteiger partial charge on any atom is -0.379 e. The Labute approximate surface area is 112 Å². The van der Waals surface area contributed by atoms with E-state index in [9.17, 15) is 8.42 Å². The normalized spacial score (nSPS) is 17.1. The lowest BCUT2D eigenvalue weighted by Crippen LogP contribution is -2.48. The van der Waals surface area contributed by atoms with Crippen LogP contribution in [0, 0.1) is 18.3 Å². The highest BCUT2D eigenvalue weighted by Gasteiger charge is 2.21. The van der Waals surface area contributed by atoms with E-state index in [1.54, 1.807) is 18.0 Å². The molecule has 1 heterocycles. The van der Waals surface area contributed by atoms with Crippen molar-refractivity contribution in [3.05, 3.63) is 29.3 Å². The number of rotatable bonds is 3. The van der Waals surface area contributed by atoms with Gasteiger partial charge in [0, 0.05) is 13.1 Å². The minimum atomic E-state index is -3.60. The van der Waals surface area contributed by atoms with Crippen molar-refractivity contribution in [2.45, 2.75) is 11.8 Å². The Morgan fingerprint density at radius 1 is 1.37 bits per heavy atom. The molecule has 1 fully saturated rings. The number of benzene rings is 1. The van der Waals surface area contributed by atoms with Gasteiger partial charge in [-0.05, 0) is 30.7 Å². The molecule has 102 valence electrons. The molecule has 1 aliphatic heterocycles. The maximum absolute atomic E-state index is 12.2. The lowest BCUT2D eigenvalue weighted by atomic mass is 10.2. The molecule has 1 saturated heterocycles. The quantitative estimate of drug-likeness (QED) is 0.866. The number of hydrogen-bond acceptors (Lipinski definition) is 5. The molecule has 0 saturated carbocycles. The smallest absolute Gasteiger partial charge is 0.253 e. The van der Waals surface area contributed by atoms with Crippen LogP contribution in [0.1, 0.15) is 11.1 Å². The molecule has 1 aromatic rings. The summed E-state index contributed by atoms with van der Waals surface area (Å²) >= 11 is 0. The summed E-state index contributed by atoms with van der Waals surface area (Å²) in [6.07, 6.45) is 0. The Balaban J connectivity index is 2.22. The summed E-state index contributed by atoms with van der Waals surface area (Å²) in [5.74, 6) is 0. The second kappa shape index (κ2) is 5.67. The first-order valence-electron chi connectivity index (χ1n) is 5.89. The standard InChI is InChI=1S/C12H15N3O3S/c1-10-8-11(9-13)2-3-12(10)19(16,17)14-15-4-6-18-7-5-15/h2-3,8,14H,4-7H2,1H3. The van der Waals surface area contributed by atoms with E-state index in [1.807, 2.05) is 6.07 Å². The van der Waals surface area contributed by atoms with Gasteiger partial charge in [0.05, 0.1) is 29.7 Å². The third kappa shape index (κ3) is 3.30. The predicted molar refractivity (Wildman–Crippen MR) is 68.6 cm³/mol. The van der Waals surface area contributed by atoms with Gasteiger partial charge in [-0.1, -0.05) is 0 Å². The molecule has 1 aromatic carbocycles. The Morgan fingerprint density at radius 2 is 2.05 bits per heavy atom. The van der Waals surface area contributed by atoms with Crippen LogP contribution in [0.25, 0.3) is 0 Å². The van der Waals surface area contributed by atoms with E-state index >= 15 is 0 Å². The third-order valence-electron chi connectivity index (χ3n) is 2.85.